The first-order valence-electron chi connectivity index (χ1n) is 3.05. The molecule has 0 fully saturated rings. The van der Waals surface area contributed by atoms with Crippen LogP contribution in [0.5, 0.6) is 5.88 Å². The second kappa shape index (κ2) is 3.17. The standard InChI is InChI=1S/C7H10N2O/c1-9(2)10-7-5-3-4-6-8-7/h3-6H,1-2H3. The van der Waals surface area contributed by atoms with Gasteiger partial charge in [-0.15, -0.1) is 5.06 Å². The molecule has 0 N–H and O–H groups in total. The van der Waals surface area contributed by atoms with Crippen LogP contribution < -0.4 is 4.84 Å². The van der Waals surface area contributed by atoms with Gasteiger partial charge in [0.2, 0.25) is 5.88 Å². The summed E-state index contributed by atoms with van der Waals surface area (Å²) in [6.45, 7) is 0. The Balaban J connectivity index is 2.59. The molecular weight excluding hydrogens is 128 g/mol. The van der Waals surface area contributed by atoms with Crippen LogP contribution in [0.25, 0.3) is 0 Å². The maximum atomic E-state index is 5.14. The zero-order valence-electron chi connectivity index (χ0n) is 6.11. The van der Waals surface area contributed by atoms with E-state index < -0.39 is 0 Å². The van der Waals surface area contributed by atoms with E-state index in [9.17, 15) is 0 Å². The van der Waals surface area contributed by atoms with Crippen molar-refractivity contribution >= 4 is 0 Å². The molecule has 0 aliphatic rings. The molecule has 3 nitrogen and oxygen atoms in total. The molecule has 0 aliphatic heterocycles. The highest BCUT2D eigenvalue weighted by molar-refractivity contribution is 5.08. The summed E-state index contributed by atoms with van der Waals surface area (Å²) in [5, 5.41) is 1.60. The summed E-state index contributed by atoms with van der Waals surface area (Å²) in [4.78, 5) is 9.09. The predicted octanol–water partition coefficient (Wildman–Crippen LogP) is 0.937. The van der Waals surface area contributed by atoms with Crippen molar-refractivity contribution in [3.05, 3.63) is 24.4 Å². The van der Waals surface area contributed by atoms with Crippen LogP contribution in [0, 0.1) is 0 Å². The van der Waals surface area contributed by atoms with Crippen LogP contribution >= 0.6 is 0 Å². The van der Waals surface area contributed by atoms with Crippen molar-refractivity contribution in [3.8, 4) is 5.88 Å². The molecule has 0 spiro atoms. The van der Waals surface area contributed by atoms with E-state index in [1.807, 2.05) is 26.2 Å². The van der Waals surface area contributed by atoms with Gasteiger partial charge >= 0.3 is 0 Å². The van der Waals surface area contributed by atoms with Crippen molar-refractivity contribution in [3.63, 3.8) is 0 Å². The first-order chi connectivity index (χ1) is 4.79. The molecule has 1 aromatic heterocycles. The first-order valence-corrected chi connectivity index (χ1v) is 3.05. The normalized spacial score (nSPS) is 9.90. The van der Waals surface area contributed by atoms with Crippen molar-refractivity contribution in [2.45, 2.75) is 0 Å². The highest BCUT2D eigenvalue weighted by atomic mass is 16.7. The van der Waals surface area contributed by atoms with Gasteiger partial charge in [-0.2, -0.15) is 0 Å². The maximum Gasteiger partial charge on any atom is 0.238 e. The molecule has 0 aliphatic carbocycles. The zero-order valence-corrected chi connectivity index (χ0v) is 6.11. The lowest BCUT2D eigenvalue weighted by molar-refractivity contribution is -0.00834. The number of pyridine rings is 1. The molecule has 1 rings (SSSR count). The van der Waals surface area contributed by atoms with E-state index in [-0.39, 0.29) is 0 Å². The van der Waals surface area contributed by atoms with Crippen molar-refractivity contribution in [2.24, 2.45) is 0 Å². The van der Waals surface area contributed by atoms with Crippen molar-refractivity contribution in [2.75, 3.05) is 14.1 Å². The smallest absolute Gasteiger partial charge is 0.238 e. The molecule has 0 bridgehead atoms. The fraction of sp³-hybridized carbons (Fsp3) is 0.286. The molecule has 0 unspecified atom stereocenters. The van der Waals surface area contributed by atoms with Gasteiger partial charge in [0.25, 0.3) is 0 Å². The summed E-state index contributed by atoms with van der Waals surface area (Å²) in [5.41, 5.74) is 0. The van der Waals surface area contributed by atoms with E-state index in [0.29, 0.717) is 5.88 Å². The third-order valence-electron chi connectivity index (χ3n) is 0.914. The lowest BCUT2D eigenvalue weighted by Gasteiger charge is -2.09. The van der Waals surface area contributed by atoms with Crippen LogP contribution in [0.2, 0.25) is 0 Å². The van der Waals surface area contributed by atoms with Gasteiger partial charge in [-0.05, 0) is 6.07 Å². The minimum atomic E-state index is 0.618. The van der Waals surface area contributed by atoms with Gasteiger partial charge in [0, 0.05) is 26.4 Å². The van der Waals surface area contributed by atoms with Crippen molar-refractivity contribution in [1.82, 2.24) is 10.0 Å². The Morgan fingerprint density at radius 3 is 2.70 bits per heavy atom. The van der Waals surface area contributed by atoms with Gasteiger partial charge in [0.05, 0.1) is 0 Å². The van der Waals surface area contributed by atoms with Crippen LogP contribution in [0.4, 0.5) is 0 Å². The number of hydrogen-bond donors (Lipinski definition) is 0. The summed E-state index contributed by atoms with van der Waals surface area (Å²) < 4.78 is 0. The third kappa shape index (κ3) is 2.03. The number of nitrogens with zero attached hydrogens (tertiary/aromatic N) is 2. The highest BCUT2D eigenvalue weighted by Gasteiger charge is 1.92. The van der Waals surface area contributed by atoms with Crippen molar-refractivity contribution in [1.29, 1.82) is 0 Å². The molecule has 10 heavy (non-hydrogen) atoms. The Bertz CT molecular complexity index is 186. The van der Waals surface area contributed by atoms with Gasteiger partial charge in [0.1, 0.15) is 0 Å². The van der Waals surface area contributed by atoms with E-state index >= 15 is 0 Å². The fourth-order valence-corrected chi connectivity index (χ4v) is 0.588. The molecule has 0 amide bonds. The molecule has 0 saturated heterocycles. The zero-order chi connectivity index (χ0) is 7.40. The Morgan fingerprint density at radius 1 is 1.40 bits per heavy atom. The second-order valence-corrected chi connectivity index (χ2v) is 2.07. The van der Waals surface area contributed by atoms with E-state index in [1.54, 1.807) is 17.3 Å². The topological polar surface area (TPSA) is 25.4 Å². The number of hydrogen-bond acceptors (Lipinski definition) is 3. The molecule has 0 atom stereocenters. The van der Waals surface area contributed by atoms with E-state index in [2.05, 4.69) is 4.98 Å². The van der Waals surface area contributed by atoms with Crippen LogP contribution in [0.15, 0.2) is 24.4 Å². The SMILES string of the molecule is CN(C)Oc1ccccn1. The number of aromatic nitrogens is 1. The van der Waals surface area contributed by atoms with E-state index in [4.69, 9.17) is 4.84 Å². The largest absolute Gasteiger partial charge is 0.386 e. The Kier molecular flexibility index (Phi) is 2.23. The van der Waals surface area contributed by atoms with Crippen LogP contribution in [0.3, 0.4) is 0 Å². The maximum absolute atomic E-state index is 5.14. The Hall–Kier alpha value is -1.09. The average molecular weight is 138 g/mol. The second-order valence-electron chi connectivity index (χ2n) is 2.07. The summed E-state index contributed by atoms with van der Waals surface area (Å²) in [5.74, 6) is 0.618. The summed E-state index contributed by atoms with van der Waals surface area (Å²) in [6, 6.07) is 5.54. The summed E-state index contributed by atoms with van der Waals surface area (Å²) >= 11 is 0. The Morgan fingerprint density at radius 2 is 2.20 bits per heavy atom. The molecule has 0 radical (unpaired) electrons. The van der Waals surface area contributed by atoms with E-state index in [0.717, 1.165) is 0 Å². The van der Waals surface area contributed by atoms with Crippen molar-refractivity contribution < 1.29 is 4.84 Å². The van der Waals surface area contributed by atoms with Gasteiger partial charge in [-0.25, -0.2) is 4.98 Å². The van der Waals surface area contributed by atoms with Crippen LogP contribution in [-0.2, 0) is 0 Å². The third-order valence-corrected chi connectivity index (χ3v) is 0.914. The monoisotopic (exact) mass is 138 g/mol. The van der Waals surface area contributed by atoms with E-state index in [1.165, 1.54) is 0 Å². The minimum absolute atomic E-state index is 0.618. The lowest BCUT2D eigenvalue weighted by atomic mass is 10.5. The fourth-order valence-electron chi connectivity index (χ4n) is 0.588. The number of hydroxylamine groups is 2. The van der Waals surface area contributed by atoms with Crippen LogP contribution in [0.1, 0.15) is 0 Å². The van der Waals surface area contributed by atoms with Gasteiger partial charge in [-0.3, -0.25) is 0 Å². The lowest BCUT2D eigenvalue weighted by Crippen LogP contribution is -2.16. The minimum Gasteiger partial charge on any atom is -0.386 e. The van der Waals surface area contributed by atoms with Crippen LogP contribution in [-0.4, -0.2) is 24.1 Å². The Labute approximate surface area is 60.2 Å². The van der Waals surface area contributed by atoms with Gasteiger partial charge in [-0.1, -0.05) is 6.07 Å². The molecular formula is C7H10N2O. The quantitative estimate of drug-likeness (QED) is 0.568. The molecule has 1 aromatic rings. The molecule has 0 saturated carbocycles. The molecule has 1 heterocycles. The molecule has 3 heteroatoms. The average Bonchev–Trinajstić information content (AvgIpc) is 1.88. The summed E-state index contributed by atoms with van der Waals surface area (Å²) in [7, 11) is 3.63. The first kappa shape index (κ1) is 7.02. The molecule has 0 aromatic carbocycles. The van der Waals surface area contributed by atoms with Gasteiger partial charge in [0.15, 0.2) is 0 Å². The summed E-state index contributed by atoms with van der Waals surface area (Å²) in [6.07, 6.45) is 1.69. The number of rotatable bonds is 2. The molecule has 54 valence electrons. The van der Waals surface area contributed by atoms with Gasteiger partial charge < -0.3 is 4.84 Å². The predicted molar refractivity (Wildman–Crippen MR) is 38.6 cm³/mol. The highest BCUT2D eigenvalue weighted by Crippen LogP contribution is 2.02.